The maximum Gasteiger partial charge on any atom is -0.00134 e. The van der Waals surface area contributed by atoms with Crippen molar-refractivity contribution in [1.29, 1.82) is 0 Å². The summed E-state index contributed by atoms with van der Waals surface area (Å²) in [6.07, 6.45) is 2.23. The van der Waals surface area contributed by atoms with Crippen molar-refractivity contribution in [3.8, 4) is 11.1 Å². The number of benzene rings is 2. The Labute approximate surface area is 96.9 Å². The van der Waals surface area contributed by atoms with Gasteiger partial charge < -0.3 is 0 Å². The second-order valence-electron chi connectivity index (χ2n) is 4.68. The maximum atomic E-state index is 2.36. The van der Waals surface area contributed by atoms with Crippen LogP contribution in [-0.4, -0.2) is 0 Å². The monoisotopic (exact) mass is 208 g/mol. The van der Waals surface area contributed by atoms with E-state index in [0.717, 1.165) is 12.8 Å². The number of aryl methyl sites for hydroxylation is 2. The molecule has 0 radical (unpaired) electrons. The topological polar surface area (TPSA) is 0 Å². The Morgan fingerprint density at radius 1 is 0.938 bits per heavy atom. The highest BCUT2D eigenvalue weighted by molar-refractivity contribution is 5.77. The fourth-order valence-electron chi connectivity index (χ4n) is 2.55. The predicted octanol–water partition coefficient (Wildman–Crippen LogP) is 4.13. The first kappa shape index (κ1) is 9.65. The molecule has 3 rings (SSSR count). The number of hydrogen-bond donors (Lipinski definition) is 0. The smallest absolute Gasteiger partial charge is 0.00134 e. The third-order valence-electron chi connectivity index (χ3n) is 3.52. The van der Waals surface area contributed by atoms with Crippen molar-refractivity contribution in [1.82, 2.24) is 0 Å². The van der Waals surface area contributed by atoms with E-state index in [1.807, 2.05) is 0 Å². The van der Waals surface area contributed by atoms with E-state index in [4.69, 9.17) is 0 Å². The minimum Gasteiger partial charge on any atom is -0.0613 e. The quantitative estimate of drug-likeness (QED) is 0.564. The van der Waals surface area contributed by atoms with E-state index >= 15 is 0 Å². The van der Waals surface area contributed by atoms with Crippen LogP contribution in [0.1, 0.15) is 29.2 Å². The number of fused-ring (bicyclic) bond motifs is 3. The van der Waals surface area contributed by atoms with Crippen LogP contribution < -0.4 is 0 Å². The second kappa shape index (κ2) is 3.48. The molecule has 0 spiro atoms. The average molecular weight is 208 g/mol. The molecule has 0 N–H and O–H groups in total. The summed E-state index contributed by atoms with van der Waals surface area (Å²) in [7, 11) is 0. The van der Waals surface area contributed by atoms with Gasteiger partial charge in [-0.15, -0.1) is 0 Å². The second-order valence-corrected chi connectivity index (χ2v) is 4.68. The highest BCUT2D eigenvalue weighted by Crippen LogP contribution is 2.37. The number of hydrogen-bond acceptors (Lipinski definition) is 0. The number of rotatable bonds is 1. The van der Waals surface area contributed by atoms with Crippen molar-refractivity contribution in [2.45, 2.75) is 26.7 Å². The molecule has 0 bridgehead atoms. The van der Waals surface area contributed by atoms with Gasteiger partial charge >= 0.3 is 0 Å². The fourth-order valence-corrected chi connectivity index (χ4v) is 2.55. The summed E-state index contributed by atoms with van der Waals surface area (Å²) in [5, 5.41) is 0. The van der Waals surface area contributed by atoms with Crippen molar-refractivity contribution >= 4 is 0 Å². The summed E-state index contributed by atoms with van der Waals surface area (Å²) in [5.74, 6) is 0. The molecule has 0 saturated heterocycles. The molecule has 0 aromatic heterocycles. The van der Waals surface area contributed by atoms with Crippen LogP contribution in [0.25, 0.3) is 11.1 Å². The Hall–Kier alpha value is -1.56. The van der Waals surface area contributed by atoms with Gasteiger partial charge in [0.1, 0.15) is 0 Å². The molecule has 0 nitrogen and oxygen atoms in total. The lowest BCUT2D eigenvalue weighted by molar-refractivity contribution is 1.13. The van der Waals surface area contributed by atoms with Crippen molar-refractivity contribution in [3.63, 3.8) is 0 Å². The summed E-state index contributed by atoms with van der Waals surface area (Å²) >= 11 is 0. The molecule has 0 heterocycles. The predicted molar refractivity (Wildman–Crippen MR) is 68.8 cm³/mol. The Bertz CT molecular complexity index is 550. The lowest BCUT2D eigenvalue weighted by Gasteiger charge is -2.04. The minimum atomic E-state index is 1.11. The van der Waals surface area contributed by atoms with Crippen LogP contribution in [-0.2, 0) is 12.8 Å². The molecule has 16 heavy (non-hydrogen) atoms. The van der Waals surface area contributed by atoms with E-state index in [9.17, 15) is 0 Å². The molecule has 0 atom stereocenters. The summed E-state index contributed by atoms with van der Waals surface area (Å²) in [6.45, 7) is 4.38. The standard InChI is InChI=1S/C16H16/c1-3-12-5-7-14-10-13-6-4-11(2)8-15(13)16(14)9-12/h4-9H,3,10H2,1-2H3. The van der Waals surface area contributed by atoms with Crippen LogP contribution in [0.15, 0.2) is 36.4 Å². The first-order valence-corrected chi connectivity index (χ1v) is 5.99. The van der Waals surface area contributed by atoms with E-state index in [1.54, 1.807) is 0 Å². The molecule has 0 amide bonds. The molecule has 1 aliphatic carbocycles. The maximum absolute atomic E-state index is 2.36. The van der Waals surface area contributed by atoms with E-state index in [2.05, 4.69) is 50.2 Å². The van der Waals surface area contributed by atoms with Gasteiger partial charge in [-0.05, 0) is 47.6 Å². The summed E-state index contributed by atoms with van der Waals surface area (Å²) in [6, 6.07) is 13.7. The lowest BCUT2D eigenvalue weighted by Crippen LogP contribution is -1.84. The van der Waals surface area contributed by atoms with Gasteiger partial charge in [0.25, 0.3) is 0 Å². The zero-order chi connectivity index (χ0) is 11.1. The third kappa shape index (κ3) is 1.37. The summed E-state index contributed by atoms with van der Waals surface area (Å²) in [4.78, 5) is 0. The molecule has 0 heteroatoms. The van der Waals surface area contributed by atoms with E-state index in [0.29, 0.717) is 0 Å². The molecule has 0 aliphatic heterocycles. The van der Waals surface area contributed by atoms with Crippen LogP contribution in [0.2, 0.25) is 0 Å². The van der Waals surface area contributed by atoms with E-state index in [1.165, 1.54) is 33.4 Å². The van der Waals surface area contributed by atoms with Crippen molar-refractivity contribution in [2.75, 3.05) is 0 Å². The molecule has 0 fully saturated rings. The van der Waals surface area contributed by atoms with Gasteiger partial charge in [-0.2, -0.15) is 0 Å². The summed E-state index contributed by atoms with van der Waals surface area (Å²) in [5.41, 5.74) is 8.66. The van der Waals surface area contributed by atoms with E-state index in [-0.39, 0.29) is 0 Å². The van der Waals surface area contributed by atoms with Crippen LogP contribution >= 0.6 is 0 Å². The SMILES string of the molecule is CCc1ccc2c(c1)-c1cc(C)ccc1C2. The van der Waals surface area contributed by atoms with Crippen LogP contribution in [0.4, 0.5) is 0 Å². The zero-order valence-electron chi connectivity index (χ0n) is 9.88. The normalized spacial score (nSPS) is 12.4. The van der Waals surface area contributed by atoms with Gasteiger partial charge in [-0.3, -0.25) is 0 Å². The lowest BCUT2D eigenvalue weighted by atomic mass is 10.0. The Kier molecular flexibility index (Phi) is 2.10. The molecule has 0 unspecified atom stereocenters. The first-order chi connectivity index (χ1) is 7.78. The van der Waals surface area contributed by atoms with Crippen molar-refractivity contribution in [3.05, 3.63) is 58.7 Å². The van der Waals surface area contributed by atoms with Crippen LogP contribution in [0, 0.1) is 6.92 Å². The fraction of sp³-hybridized carbons (Fsp3) is 0.250. The molecule has 80 valence electrons. The van der Waals surface area contributed by atoms with Crippen LogP contribution in [0.3, 0.4) is 0 Å². The highest BCUT2D eigenvalue weighted by atomic mass is 14.2. The minimum absolute atomic E-state index is 1.11. The Balaban J connectivity index is 2.22. The molecule has 2 aromatic carbocycles. The van der Waals surface area contributed by atoms with Gasteiger partial charge in [-0.1, -0.05) is 48.9 Å². The van der Waals surface area contributed by atoms with Gasteiger partial charge in [0.2, 0.25) is 0 Å². The Morgan fingerprint density at radius 2 is 1.62 bits per heavy atom. The molecule has 2 aromatic rings. The molecule has 0 saturated carbocycles. The molecule has 1 aliphatic rings. The van der Waals surface area contributed by atoms with Gasteiger partial charge in [0.15, 0.2) is 0 Å². The van der Waals surface area contributed by atoms with Gasteiger partial charge in [0, 0.05) is 0 Å². The third-order valence-corrected chi connectivity index (χ3v) is 3.52. The largest absolute Gasteiger partial charge is 0.0613 e. The van der Waals surface area contributed by atoms with E-state index < -0.39 is 0 Å². The first-order valence-electron chi connectivity index (χ1n) is 5.99. The average Bonchev–Trinajstić information content (AvgIpc) is 2.66. The van der Waals surface area contributed by atoms with Crippen LogP contribution in [0.5, 0.6) is 0 Å². The summed E-state index contributed by atoms with van der Waals surface area (Å²) < 4.78 is 0. The zero-order valence-corrected chi connectivity index (χ0v) is 9.88. The molecular formula is C16H16. The highest BCUT2D eigenvalue weighted by Gasteiger charge is 2.17. The van der Waals surface area contributed by atoms with Crippen molar-refractivity contribution < 1.29 is 0 Å². The van der Waals surface area contributed by atoms with Gasteiger partial charge in [0.05, 0.1) is 0 Å². The molecular weight excluding hydrogens is 192 g/mol. The Morgan fingerprint density at radius 3 is 2.38 bits per heavy atom. The van der Waals surface area contributed by atoms with Crippen molar-refractivity contribution in [2.24, 2.45) is 0 Å². The van der Waals surface area contributed by atoms with Gasteiger partial charge in [-0.25, -0.2) is 0 Å².